The van der Waals surface area contributed by atoms with E-state index in [2.05, 4.69) is 5.32 Å². The minimum absolute atomic E-state index is 0.0262. The van der Waals surface area contributed by atoms with Crippen LogP contribution in [-0.2, 0) is 9.59 Å². The number of carbonyl (C=O) groups excluding carboxylic acids is 1. The zero-order valence-corrected chi connectivity index (χ0v) is 12.4. The molecule has 2 N–H and O–H groups in total. The Morgan fingerprint density at radius 3 is 2.85 bits per heavy atom. The van der Waals surface area contributed by atoms with Crippen molar-refractivity contribution in [3.05, 3.63) is 41.5 Å². The second kappa shape index (κ2) is 8.43. The molecule has 0 heterocycles. The predicted octanol–water partition coefficient (Wildman–Crippen LogP) is 2.71. The van der Waals surface area contributed by atoms with Gasteiger partial charge in [0.2, 0.25) is 5.91 Å². The van der Waals surface area contributed by atoms with Gasteiger partial charge in [-0.05, 0) is 36.4 Å². The molecule has 0 radical (unpaired) electrons. The first kappa shape index (κ1) is 16.3. The van der Waals surface area contributed by atoms with Crippen molar-refractivity contribution < 1.29 is 14.7 Å². The molecular formula is C15H19NO3S. The van der Waals surface area contributed by atoms with Gasteiger partial charge in [0.1, 0.15) is 0 Å². The molecule has 0 saturated heterocycles. The maximum Gasteiger partial charge on any atom is 0.328 e. The fraction of sp³-hybridized carbons (Fsp3) is 0.333. The molecule has 1 atom stereocenters. The normalized spacial score (nSPS) is 12.3. The molecule has 0 aliphatic heterocycles. The molecule has 1 rings (SSSR count). The quantitative estimate of drug-likeness (QED) is 0.759. The van der Waals surface area contributed by atoms with Crippen LogP contribution in [0.25, 0.3) is 6.08 Å². The van der Waals surface area contributed by atoms with Gasteiger partial charge in [0, 0.05) is 18.2 Å². The summed E-state index contributed by atoms with van der Waals surface area (Å²) < 4.78 is 0. The summed E-state index contributed by atoms with van der Waals surface area (Å²) in [5.74, 6) is -0.146. The van der Waals surface area contributed by atoms with Crippen LogP contribution < -0.4 is 5.32 Å². The minimum atomic E-state index is -0.978. The summed E-state index contributed by atoms with van der Waals surface area (Å²) in [5.41, 5.74) is 1.75. The van der Waals surface area contributed by atoms with Crippen LogP contribution in [0.4, 0.5) is 0 Å². The van der Waals surface area contributed by atoms with Crippen molar-refractivity contribution in [1.29, 1.82) is 0 Å². The summed E-state index contributed by atoms with van der Waals surface area (Å²) in [7, 11) is 0. The van der Waals surface area contributed by atoms with E-state index in [1.807, 2.05) is 37.4 Å². The highest BCUT2D eigenvalue weighted by Gasteiger charge is 2.09. The average Bonchev–Trinajstić information content (AvgIpc) is 2.43. The summed E-state index contributed by atoms with van der Waals surface area (Å²) in [4.78, 5) is 22.2. The lowest BCUT2D eigenvalue weighted by Crippen LogP contribution is -2.26. The molecule has 0 bridgehead atoms. The zero-order valence-electron chi connectivity index (χ0n) is 11.6. The number of nitrogens with one attached hydrogen (secondary N) is 1. The minimum Gasteiger partial charge on any atom is -0.478 e. The zero-order chi connectivity index (χ0) is 15.0. The Morgan fingerprint density at radius 2 is 2.20 bits per heavy atom. The van der Waals surface area contributed by atoms with E-state index in [1.54, 1.807) is 11.8 Å². The number of benzene rings is 1. The maximum absolute atomic E-state index is 11.7. The first-order valence-corrected chi connectivity index (χ1v) is 7.71. The molecule has 1 aromatic carbocycles. The lowest BCUT2D eigenvalue weighted by Gasteiger charge is -2.14. The number of aliphatic carboxylic acids is 1. The third-order valence-electron chi connectivity index (χ3n) is 2.74. The molecular weight excluding hydrogens is 274 g/mol. The van der Waals surface area contributed by atoms with E-state index in [0.717, 1.165) is 23.0 Å². The van der Waals surface area contributed by atoms with E-state index in [9.17, 15) is 9.59 Å². The Balaban J connectivity index is 2.68. The SMILES string of the molecule is CSCCC(=O)NC(C)c1cccc(C=CC(=O)O)c1. The number of amides is 1. The molecule has 20 heavy (non-hydrogen) atoms. The smallest absolute Gasteiger partial charge is 0.328 e. The van der Waals surface area contributed by atoms with Crippen LogP contribution in [0.15, 0.2) is 30.3 Å². The number of carboxylic acids is 1. The lowest BCUT2D eigenvalue weighted by molar-refractivity contribution is -0.131. The molecule has 0 aromatic heterocycles. The number of carboxylic acid groups (broad SMARTS) is 1. The molecule has 0 fully saturated rings. The molecule has 0 aliphatic rings. The Hall–Kier alpha value is -1.75. The Morgan fingerprint density at radius 1 is 1.45 bits per heavy atom. The van der Waals surface area contributed by atoms with Crippen LogP contribution in [0.2, 0.25) is 0 Å². The van der Waals surface area contributed by atoms with Crippen LogP contribution in [0.1, 0.15) is 30.5 Å². The average molecular weight is 293 g/mol. The Labute approximate surface area is 123 Å². The molecule has 1 unspecified atom stereocenters. The van der Waals surface area contributed by atoms with Crippen molar-refractivity contribution in [3.63, 3.8) is 0 Å². The second-order valence-corrected chi connectivity index (χ2v) is 5.36. The number of thioether (sulfide) groups is 1. The van der Waals surface area contributed by atoms with Crippen molar-refractivity contribution in [2.75, 3.05) is 12.0 Å². The van der Waals surface area contributed by atoms with Crippen LogP contribution in [0.3, 0.4) is 0 Å². The first-order valence-electron chi connectivity index (χ1n) is 6.32. The van der Waals surface area contributed by atoms with E-state index in [4.69, 9.17) is 5.11 Å². The van der Waals surface area contributed by atoms with Gasteiger partial charge in [0.25, 0.3) is 0 Å². The number of carbonyl (C=O) groups is 2. The Bertz CT molecular complexity index is 500. The molecule has 108 valence electrons. The molecule has 1 aromatic rings. The molecule has 5 heteroatoms. The van der Waals surface area contributed by atoms with Gasteiger partial charge >= 0.3 is 5.97 Å². The molecule has 1 amide bonds. The topological polar surface area (TPSA) is 66.4 Å². The second-order valence-electron chi connectivity index (χ2n) is 4.37. The fourth-order valence-corrected chi connectivity index (χ4v) is 2.08. The van der Waals surface area contributed by atoms with Gasteiger partial charge in [-0.2, -0.15) is 11.8 Å². The number of hydrogen-bond donors (Lipinski definition) is 2. The van der Waals surface area contributed by atoms with Gasteiger partial charge < -0.3 is 10.4 Å². The summed E-state index contributed by atoms with van der Waals surface area (Å²) in [6.45, 7) is 1.91. The van der Waals surface area contributed by atoms with E-state index in [-0.39, 0.29) is 11.9 Å². The third-order valence-corrected chi connectivity index (χ3v) is 3.35. The van der Waals surface area contributed by atoms with Gasteiger partial charge in [-0.1, -0.05) is 18.2 Å². The van der Waals surface area contributed by atoms with Crippen LogP contribution in [0, 0.1) is 0 Å². The largest absolute Gasteiger partial charge is 0.478 e. The van der Waals surface area contributed by atoms with Crippen LogP contribution >= 0.6 is 11.8 Å². The van der Waals surface area contributed by atoms with Gasteiger partial charge in [-0.25, -0.2) is 4.79 Å². The predicted molar refractivity (Wildman–Crippen MR) is 82.7 cm³/mol. The van der Waals surface area contributed by atoms with E-state index in [0.29, 0.717) is 6.42 Å². The monoisotopic (exact) mass is 293 g/mol. The third kappa shape index (κ3) is 5.93. The molecule has 4 nitrogen and oxygen atoms in total. The summed E-state index contributed by atoms with van der Waals surface area (Å²) in [6.07, 6.45) is 5.11. The summed E-state index contributed by atoms with van der Waals surface area (Å²) >= 11 is 1.64. The standard InChI is InChI=1S/C15H19NO3S/c1-11(16-14(17)8-9-20-2)13-5-3-4-12(10-13)6-7-15(18)19/h3-7,10-11H,8-9H2,1-2H3,(H,16,17)(H,18,19). The molecule has 0 aliphatic carbocycles. The Kier molecular flexibility index (Phi) is 6.87. The highest BCUT2D eigenvalue weighted by Crippen LogP contribution is 2.15. The van der Waals surface area contributed by atoms with E-state index < -0.39 is 5.97 Å². The summed E-state index contributed by atoms with van der Waals surface area (Å²) in [6, 6.07) is 7.37. The highest BCUT2D eigenvalue weighted by molar-refractivity contribution is 7.98. The fourth-order valence-electron chi connectivity index (χ4n) is 1.69. The van der Waals surface area contributed by atoms with Crippen molar-refractivity contribution in [2.24, 2.45) is 0 Å². The van der Waals surface area contributed by atoms with Crippen LogP contribution in [-0.4, -0.2) is 29.0 Å². The van der Waals surface area contributed by atoms with Crippen molar-refractivity contribution >= 4 is 29.7 Å². The molecule has 0 saturated carbocycles. The van der Waals surface area contributed by atoms with Gasteiger partial charge in [0.05, 0.1) is 6.04 Å². The molecule has 0 spiro atoms. The van der Waals surface area contributed by atoms with Gasteiger partial charge in [0.15, 0.2) is 0 Å². The van der Waals surface area contributed by atoms with Crippen molar-refractivity contribution in [2.45, 2.75) is 19.4 Å². The summed E-state index contributed by atoms with van der Waals surface area (Å²) in [5, 5.41) is 11.5. The van der Waals surface area contributed by atoms with Gasteiger partial charge in [-0.15, -0.1) is 0 Å². The van der Waals surface area contributed by atoms with E-state index >= 15 is 0 Å². The number of hydrogen-bond acceptors (Lipinski definition) is 3. The number of rotatable bonds is 7. The van der Waals surface area contributed by atoms with Crippen molar-refractivity contribution in [3.8, 4) is 0 Å². The van der Waals surface area contributed by atoms with Crippen molar-refractivity contribution in [1.82, 2.24) is 5.32 Å². The maximum atomic E-state index is 11.7. The first-order chi connectivity index (χ1) is 9.52. The lowest BCUT2D eigenvalue weighted by atomic mass is 10.0. The van der Waals surface area contributed by atoms with E-state index in [1.165, 1.54) is 6.08 Å². The highest BCUT2D eigenvalue weighted by atomic mass is 32.2. The van der Waals surface area contributed by atoms with Crippen LogP contribution in [0.5, 0.6) is 0 Å². The van der Waals surface area contributed by atoms with Gasteiger partial charge in [-0.3, -0.25) is 4.79 Å².